The number of nitriles is 1. The fraction of sp³-hybridized carbons (Fsp3) is 0.484. The first-order chi connectivity index (χ1) is 20.4. The van der Waals surface area contributed by atoms with Crippen LogP contribution in [0.5, 0.6) is 0 Å². The molecule has 7 nitrogen and oxygen atoms in total. The maximum absolute atomic E-state index is 14.2. The molecule has 1 N–H and O–H groups in total. The van der Waals surface area contributed by atoms with Gasteiger partial charge in [0.25, 0.3) is 11.8 Å². The van der Waals surface area contributed by atoms with Crippen LogP contribution in [-0.2, 0) is 38.1 Å². The van der Waals surface area contributed by atoms with Crippen molar-refractivity contribution in [3.05, 3.63) is 76.4 Å². The van der Waals surface area contributed by atoms with Gasteiger partial charge in [-0.3, -0.25) is 4.79 Å². The number of amides is 1. The Balaban J connectivity index is 1.15. The Morgan fingerprint density at radius 1 is 1.14 bits per heavy atom. The van der Waals surface area contributed by atoms with Gasteiger partial charge in [0.1, 0.15) is 12.2 Å². The lowest BCUT2D eigenvalue weighted by Gasteiger charge is -2.45. The first-order valence-electron chi connectivity index (χ1n) is 14.4. The molecule has 7 rings (SSSR count). The second kappa shape index (κ2) is 9.58. The lowest BCUT2D eigenvalue weighted by atomic mass is 9.57. The first-order valence-corrected chi connectivity index (χ1v) is 14.4. The van der Waals surface area contributed by atoms with Crippen molar-refractivity contribution in [2.45, 2.75) is 68.7 Å². The summed E-state index contributed by atoms with van der Waals surface area (Å²) in [5.41, 5.74) is 0.328. The second-order valence-electron chi connectivity index (χ2n) is 12.6. The monoisotopic (exact) mass is 596 g/mol. The Bertz CT molecular complexity index is 1640. The highest BCUT2D eigenvalue weighted by Gasteiger charge is 2.71. The second-order valence-corrected chi connectivity index (χ2v) is 12.6. The quantitative estimate of drug-likeness (QED) is 0.362. The molecule has 4 aliphatic rings. The van der Waals surface area contributed by atoms with Crippen LogP contribution in [0.15, 0.2) is 42.7 Å². The topological polar surface area (TPSA) is 86.8 Å². The summed E-state index contributed by atoms with van der Waals surface area (Å²) >= 11 is 0. The van der Waals surface area contributed by atoms with Crippen molar-refractivity contribution in [2.24, 2.45) is 24.8 Å². The lowest BCUT2D eigenvalue weighted by molar-refractivity contribution is -0.138. The van der Waals surface area contributed by atoms with Gasteiger partial charge in [-0.1, -0.05) is 12.1 Å². The number of hydrogen-bond acceptors (Lipinski definition) is 5. The van der Waals surface area contributed by atoms with E-state index in [1.807, 2.05) is 23.7 Å². The minimum atomic E-state index is -4.67. The number of carbonyl (C=O) groups is 1. The molecule has 2 aromatic carbocycles. The zero-order chi connectivity index (χ0) is 30.3. The highest BCUT2D eigenvalue weighted by molar-refractivity contribution is 6.10. The van der Waals surface area contributed by atoms with E-state index in [0.29, 0.717) is 43.4 Å². The van der Waals surface area contributed by atoms with Gasteiger partial charge in [-0.25, -0.2) is 8.78 Å². The van der Waals surface area contributed by atoms with Crippen molar-refractivity contribution in [3.63, 3.8) is 0 Å². The summed E-state index contributed by atoms with van der Waals surface area (Å²) in [4.78, 5) is 15.0. The van der Waals surface area contributed by atoms with Crippen LogP contribution in [0.4, 0.5) is 27.6 Å². The summed E-state index contributed by atoms with van der Waals surface area (Å²) in [6.45, 7) is -0.169. The molecule has 12 heteroatoms. The van der Waals surface area contributed by atoms with Crippen molar-refractivity contribution in [1.82, 2.24) is 20.1 Å². The number of hydrogen-bond donors (Lipinski definition) is 1. The fourth-order valence-corrected chi connectivity index (χ4v) is 7.50. The number of fused-ring (bicyclic) bond motifs is 2. The van der Waals surface area contributed by atoms with Crippen LogP contribution >= 0.6 is 0 Å². The van der Waals surface area contributed by atoms with Gasteiger partial charge in [0.2, 0.25) is 0 Å². The number of benzene rings is 2. The van der Waals surface area contributed by atoms with Crippen LogP contribution in [0, 0.1) is 29.1 Å². The molecule has 3 saturated carbocycles. The standard InChI is InChI=1S/C31H29F5N6O/c1-41-16-39-40-27(41)12-29(10-18(11-29)13-37)19-3-2-4-21(7-19)42-15-23-22(28(42)43)5-17(6-24(23)31(34,35)36)14-38-20-8-25-26(9-20)30(25,32)33/h2-7,16,18,20,25-26,38H,8-12,14-15H2,1H3/t18?,25-,26-,29?/m1/s1. The molecule has 1 aliphatic heterocycles. The minimum absolute atomic E-state index is 0.000169. The average Bonchev–Trinajstić information content (AvgIpc) is 3.44. The maximum atomic E-state index is 14.2. The Hall–Kier alpha value is -3.85. The van der Waals surface area contributed by atoms with Crippen molar-refractivity contribution >= 4 is 11.6 Å². The molecule has 0 unspecified atom stereocenters. The van der Waals surface area contributed by atoms with E-state index in [0.717, 1.165) is 17.5 Å². The number of alkyl halides is 5. The number of rotatable bonds is 7. The van der Waals surface area contributed by atoms with Gasteiger partial charge in [-0.05, 0) is 66.6 Å². The van der Waals surface area contributed by atoms with Crippen molar-refractivity contribution in [3.8, 4) is 6.07 Å². The van der Waals surface area contributed by atoms with Crippen molar-refractivity contribution in [1.29, 1.82) is 5.26 Å². The molecule has 1 amide bonds. The number of nitrogens with one attached hydrogen (secondary N) is 1. The van der Waals surface area contributed by atoms with E-state index in [1.54, 1.807) is 18.5 Å². The van der Waals surface area contributed by atoms with E-state index in [2.05, 4.69) is 21.6 Å². The van der Waals surface area contributed by atoms with E-state index in [1.165, 1.54) is 11.0 Å². The lowest BCUT2D eigenvalue weighted by Crippen LogP contribution is -2.43. The van der Waals surface area contributed by atoms with Crippen LogP contribution in [0.25, 0.3) is 0 Å². The summed E-state index contributed by atoms with van der Waals surface area (Å²) < 4.78 is 71.7. The summed E-state index contributed by atoms with van der Waals surface area (Å²) in [5.74, 6) is -3.80. The molecule has 3 fully saturated rings. The maximum Gasteiger partial charge on any atom is 0.416 e. The van der Waals surface area contributed by atoms with Crippen molar-refractivity contribution < 1.29 is 26.7 Å². The molecule has 3 aromatic rings. The van der Waals surface area contributed by atoms with Gasteiger partial charge in [-0.15, -0.1) is 10.2 Å². The Morgan fingerprint density at radius 2 is 1.88 bits per heavy atom. The summed E-state index contributed by atoms with van der Waals surface area (Å²) in [6.07, 6.45) is -0.736. The van der Waals surface area contributed by atoms with E-state index in [9.17, 15) is 32.0 Å². The third-order valence-electron chi connectivity index (χ3n) is 9.97. The Labute approximate surface area is 244 Å². The average molecular weight is 597 g/mol. The first kappa shape index (κ1) is 28.0. The number of aromatic nitrogens is 3. The molecule has 0 bridgehead atoms. The predicted molar refractivity (Wildman–Crippen MR) is 145 cm³/mol. The highest BCUT2D eigenvalue weighted by atomic mass is 19.4. The normalized spacial score (nSPS) is 27.5. The summed E-state index contributed by atoms with van der Waals surface area (Å²) in [6, 6.07) is 11.9. The van der Waals surface area contributed by atoms with Crippen LogP contribution < -0.4 is 10.2 Å². The largest absolute Gasteiger partial charge is 0.416 e. The molecule has 2 heterocycles. The predicted octanol–water partition coefficient (Wildman–Crippen LogP) is 5.54. The van der Waals surface area contributed by atoms with Crippen LogP contribution in [0.2, 0.25) is 0 Å². The number of anilines is 1. The molecular weight excluding hydrogens is 567 g/mol. The number of halogens is 5. The third kappa shape index (κ3) is 4.60. The molecule has 224 valence electrons. The van der Waals surface area contributed by atoms with E-state index >= 15 is 0 Å². The van der Waals surface area contributed by atoms with E-state index < -0.39 is 40.8 Å². The molecule has 43 heavy (non-hydrogen) atoms. The molecule has 3 aliphatic carbocycles. The minimum Gasteiger partial charge on any atom is -0.321 e. The molecule has 2 atom stereocenters. The number of aryl methyl sites for hydroxylation is 1. The van der Waals surface area contributed by atoms with Crippen molar-refractivity contribution in [2.75, 3.05) is 4.90 Å². The fourth-order valence-electron chi connectivity index (χ4n) is 7.50. The zero-order valence-electron chi connectivity index (χ0n) is 23.3. The zero-order valence-corrected chi connectivity index (χ0v) is 23.3. The molecule has 0 radical (unpaired) electrons. The van der Waals surface area contributed by atoms with Gasteiger partial charge in [-0.2, -0.15) is 18.4 Å². The van der Waals surface area contributed by atoms with Gasteiger partial charge in [0, 0.05) is 60.5 Å². The van der Waals surface area contributed by atoms with Gasteiger partial charge in [0.05, 0.1) is 18.2 Å². The third-order valence-corrected chi connectivity index (χ3v) is 9.97. The molecule has 0 saturated heterocycles. The SMILES string of the molecule is Cn1cnnc1CC1(c2cccc(N3Cc4c(cc(CNC5C[C@@H]6[C@@H](C5)C6(F)F)cc4C(F)(F)F)C3=O)c2)CC(C#N)C1. The molecule has 1 aromatic heterocycles. The van der Waals surface area contributed by atoms with Gasteiger partial charge in [0.15, 0.2) is 0 Å². The Kier molecular flexibility index (Phi) is 6.22. The molecular formula is C31H29F5N6O. The number of nitrogens with zero attached hydrogens (tertiary/aromatic N) is 5. The van der Waals surface area contributed by atoms with Crippen LogP contribution in [0.3, 0.4) is 0 Å². The van der Waals surface area contributed by atoms with E-state index in [-0.39, 0.29) is 36.2 Å². The van der Waals surface area contributed by atoms with Crippen LogP contribution in [0.1, 0.15) is 64.1 Å². The van der Waals surface area contributed by atoms with Gasteiger partial charge >= 0.3 is 6.18 Å². The van der Waals surface area contributed by atoms with E-state index in [4.69, 9.17) is 0 Å². The van der Waals surface area contributed by atoms with Gasteiger partial charge < -0.3 is 14.8 Å². The number of carbonyl (C=O) groups excluding carboxylic acids is 1. The smallest absolute Gasteiger partial charge is 0.321 e. The molecule has 0 spiro atoms. The summed E-state index contributed by atoms with van der Waals surface area (Å²) in [5, 5.41) is 20.8. The van der Waals surface area contributed by atoms with Crippen LogP contribution in [-0.4, -0.2) is 32.6 Å². The summed E-state index contributed by atoms with van der Waals surface area (Å²) in [7, 11) is 1.84. The Morgan fingerprint density at radius 3 is 2.53 bits per heavy atom. The highest BCUT2D eigenvalue weighted by Crippen LogP contribution is 2.64.